The minimum Gasteiger partial charge on any atom is -0.293 e. The number of hydrogen-bond donors (Lipinski definition) is 1. The van der Waals surface area contributed by atoms with E-state index in [0.717, 1.165) is 17.0 Å². The van der Waals surface area contributed by atoms with Gasteiger partial charge in [0.1, 0.15) is 0 Å². The third-order valence-electron chi connectivity index (χ3n) is 3.04. The van der Waals surface area contributed by atoms with Gasteiger partial charge < -0.3 is 0 Å². The lowest BCUT2D eigenvalue weighted by atomic mass is 10.3. The van der Waals surface area contributed by atoms with Crippen LogP contribution in [0.5, 0.6) is 0 Å². The summed E-state index contributed by atoms with van der Waals surface area (Å²) in [6, 6.07) is 15.5. The molecule has 0 radical (unpaired) electrons. The highest BCUT2D eigenvalue weighted by Gasteiger charge is 2.06. The predicted octanol–water partition coefficient (Wildman–Crippen LogP) is 3.16. The van der Waals surface area contributed by atoms with Crippen molar-refractivity contribution in [2.24, 2.45) is 0 Å². The number of hydrogen-bond acceptors (Lipinski definition) is 3. The molecule has 0 bridgehead atoms. The zero-order valence-corrected chi connectivity index (χ0v) is 12.4. The quantitative estimate of drug-likeness (QED) is 0.753. The summed E-state index contributed by atoms with van der Waals surface area (Å²) in [7, 11) is 0. The average Bonchev–Trinajstić information content (AvgIpc) is 2.88. The molecule has 0 unspecified atom stereocenters. The summed E-state index contributed by atoms with van der Waals surface area (Å²) in [5.74, 6) is 1.33. The summed E-state index contributed by atoms with van der Waals surface area (Å²) in [5, 5.41) is 3.11. The number of aromatic amines is 1. The molecular formula is C16H15N3OS. The van der Waals surface area contributed by atoms with Crippen LogP contribution < -0.4 is 5.56 Å². The maximum Gasteiger partial charge on any atom is 0.272 e. The molecule has 2 heterocycles. The molecule has 1 N–H and O–H groups in total. The minimum absolute atomic E-state index is 0.0879. The number of rotatable bonds is 4. The Kier molecular flexibility index (Phi) is 3.92. The van der Waals surface area contributed by atoms with Crippen LogP contribution >= 0.6 is 11.8 Å². The van der Waals surface area contributed by atoms with Gasteiger partial charge in [-0.15, -0.1) is 11.8 Å². The fourth-order valence-corrected chi connectivity index (χ4v) is 2.78. The maximum absolute atomic E-state index is 12.0. The van der Waals surface area contributed by atoms with E-state index in [-0.39, 0.29) is 5.56 Å². The molecule has 21 heavy (non-hydrogen) atoms. The average molecular weight is 297 g/mol. The van der Waals surface area contributed by atoms with Crippen molar-refractivity contribution in [3.05, 3.63) is 76.3 Å². The normalized spacial score (nSPS) is 10.7. The van der Waals surface area contributed by atoms with Crippen molar-refractivity contribution in [3.63, 3.8) is 0 Å². The molecule has 0 fully saturated rings. The molecule has 106 valence electrons. The molecule has 3 aromatic rings. The van der Waals surface area contributed by atoms with Crippen LogP contribution in [0.4, 0.5) is 0 Å². The molecule has 5 heteroatoms. The molecule has 0 saturated carbocycles. The smallest absolute Gasteiger partial charge is 0.272 e. The monoisotopic (exact) mass is 297 g/mol. The summed E-state index contributed by atoms with van der Waals surface area (Å²) in [5.41, 5.74) is 1.87. The second-order valence-corrected chi connectivity index (χ2v) is 5.80. The highest BCUT2D eigenvalue weighted by Crippen LogP contribution is 2.20. The Morgan fingerprint density at radius 3 is 2.71 bits per heavy atom. The van der Waals surface area contributed by atoms with Crippen molar-refractivity contribution in [2.75, 3.05) is 0 Å². The number of nitrogens with zero attached hydrogens (tertiary/aromatic N) is 2. The molecule has 0 aliphatic heterocycles. The van der Waals surface area contributed by atoms with E-state index >= 15 is 0 Å². The van der Waals surface area contributed by atoms with Gasteiger partial charge in [-0.05, 0) is 30.7 Å². The van der Waals surface area contributed by atoms with E-state index in [1.807, 2.05) is 37.3 Å². The minimum atomic E-state index is -0.0879. The topological polar surface area (TPSA) is 50.7 Å². The summed E-state index contributed by atoms with van der Waals surface area (Å²) in [6.07, 6.45) is 1.75. The molecule has 0 saturated heterocycles. The van der Waals surface area contributed by atoms with Gasteiger partial charge in [-0.3, -0.25) is 9.89 Å². The Labute approximate surface area is 126 Å². The van der Waals surface area contributed by atoms with E-state index in [0.29, 0.717) is 5.82 Å². The SMILES string of the molecule is Cc1ccc(-n2[nH]c(CSc3ccccc3)cc2=O)nc1. The van der Waals surface area contributed by atoms with E-state index in [1.54, 1.807) is 24.0 Å². The van der Waals surface area contributed by atoms with Gasteiger partial charge in [0.25, 0.3) is 5.56 Å². The first-order valence-electron chi connectivity index (χ1n) is 6.64. The van der Waals surface area contributed by atoms with Gasteiger partial charge in [0.05, 0.1) is 0 Å². The van der Waals surface area contributed by atoms with Gasteiger partial charge in [0.15, 0.2) is 5.82 Å². The molecular weight excluding hydrogens is 282 g/mol. The first-order chi connectivity index (χ1) is 10.2. The number of benzene rings is 1. The van der Waals surface area contributed by atoms with Gasteiger partial charge in [-0.1, -0.05) is 24.3 Å². The third-order valence-corrected chi connectivity index (χ3v) is 4.10. The fourth-order valence-electron chi connectivity index (χ4n) is 1.96. The van der Waals surface area contributed by atoms with Crippen molar-refractivity contribution in [1.82, 2.24) is 14.8 Å². The predicted molar refractivity (Wildman–Crippen MR) is 84.9 cm³/mol. The molecule has 0 atom stereocenters. The van der Waals surface area contributed by atoms with Crippen LogP contribution in [-0.2, 0) is 5.75 Å². The van der Waals surface area contributed by atoms with Crippen molar-refractivity contribution >= 4 is 11.8 Å². The third kappa shape index (κ3) is 3.25. The number of aryl methyl sites for hydroxylation is 1. The highest BCUT2D eigenvalue weighted by molar-refractivity contribution is 7.98. The van der Waals surface area contributed by atoms with E-state index in [4.69, 9.17) is 0 Å². The van der Waals surface area contributed by atoms with E-state index in [2.05, 4.69) is 22.2 Å². The number of H-pyrrole nitrogens is 1. The van der Waals surface area contributed by atoms with Crippen molar-refractivity contribution in [3.8, 4) is 5.82 Å². The summed E-state index contributed by atoms with van der Waals surface area (Å²) < 4.78 is 1.47. The highest BCUT2D eigenvalue weighted by atomic mass is 32.2. The summed E-state index contributed by atoms with van der Waals surface area (Å²) in [6.45, 7) is 1.97. The van der Waals surface area contributed by atoms with Crippen LogP contribution in [0.3, 0.4) is 0 Å². The first-order valence-corrected chi connectivity index (χ1v) is 7.63. The Morgan fingerprint density at radius 1 is 1.19 bits per heavy atom. The number of aromatic nitrogens is 3. The van der Waals surface area contributed by atoms with Crippen LogP contribution in [0.25, 0.3) is 5.82 Å². The van der Waals surface area contributed by atoms with Crippen molar-refractivity contribution in [2.45, 2.75) is 17.6 Å². The van der Waals surface area contributed by atoms with Crippen LogP contribution in [0, 0.1) is 6.92 Å². The lowest BCUT2D eigenvalue weighted by molar-refractivity contribution is 0.804. The number of nitrogens with one attached hydrogen (secondary N) is 1. The zero-order valence-electron chi connectivity index (χ0n) is 11.6. The van der Waals surface area contributed by atoms with E-state index in [9.17, 15) is 4.79 Å². The van der Waals surface area contributed by atoms with Crippen LogP contribution in [0.15, 0.2) is 64.4 Å². The molecule has 0 amide bonds. The Hall–Kier alpha value is -2.27. The van der Waals surface area contributed by atoms with Crippen LogP contribution in [0.1, 0.15) is 11.3 Å². The molecule has 0 aliphatic rings. The van der Waals surface area contributed by atoms with Gasteiger partial charge >= 0.3 is 0 Å². The Morgan fingerprint density at radius 2 is 2.00 bits per heavy atom. The molecule has 3 rings (SSSR count). The Balaban J connectivity index is 1.78. The number of pyridine rings is 1. The molecule has 4 nitrogen and oxygen atoms in total. The van der Waals surface area contributed by atoms with Gasteiger partial charge in [0.2, 0.25) is 0 Å². The Bertz CT molecular complexity index is 775. The second kappa shape index (κ2) is 6.01. The van der Waals surface area contributed by atoms with E-state index in [1.165, 1.54) is 9.58 Å². The standard InChI is InChI=1S/C16H15N3OS/c1-12-7-8-15(17-10-12)19-16(20)9-13(18-19)11-21-14-5-3-2-4-6-14/h2-10,18H,11H2,1H3. The van der Waals surface area contributed by atoms with Gasteiger partial charge in [0, 0.05) is 28.6 Å². The molecule has 0 spiro atoms. The van der Waals surface area contributed by atoms with Gasteiger partial charge in [-0.2, -0.15) is 0 Å². The van der Waals surface area contributed by atoms with Crippen LogP contribution in [-0.4, -0.2) is 14.8 Å². The molecule has 2 aromatic heterocycles. The largest absolute Gasteiger partial charge is 0.293 e. The zero-order chi connectivity index (χ0) is 14.7. The van der Waals surface area contributed by atoms with E-state index < -0.39 is 0 Å². The lowest BCUT2D eigenvalue weighted by Crippen LogP contribution is -2.14. The first kappa shape index (κ1) is 13.7. The lowest BCUT2D eigenvalue weighted by Gasteiger charge is -2.02. The van der Waals surface area contributed by atoms with Crippen LogP contribution in [0.2, 0.25) is 0 Å². The summed E-state index contributed by atoms with van der Waals surface area (Å²) >= 11 is 1.69. The number of thioether (sulfide) groups is 1. The molecule has 1 aromatic carbocycles. The summed E-state index contributed by atoms with van der Waals surface area (Å²) in [4.78, 5) is 17.5. The van der Waals surface area contributed by atoms with Gasteiger partial charge in [-0.25, -0.2) is 9.67 Å². The van der Waals surface area contributed by atoms with Crippen molar-refractivity contribution < 1.29 is 0 Å². The maximum atomic E-state index is 12.0. The molecule has 0 aliphatic carbocycles. The van der Waals surface area contributed by atoms with Crippen molar-refractivity contribution in [1.29, 1.82) is 0 Å². The fraction of sp³-hybridized carbons (Fsp3) is 0.125. The second-order valence-electron chi connectivity index (χ2n) is 4.75.